The highest BCUT2D eigenvalue weighted by molar-refractivity contribution is 5.84. The van der Waals surface area contributed by atoms with E-state index in [2.05, 4.69) is 10.1 Å². The zero-order valence-corrected chi connectivity index (χ0v) is 14.1. The van der Waals surface area contributed by atoms with E-state index in [4.69, 9.17) is 14.2 Å². The first-order valence-corrected chi connectivity index (χ1v) is 6.91. The maximum atomic E-state index is 11.9. The van der Waals surface area contributed by atoms with Gasteiger partial charge in [-0.25, -0.2) is 4.79 Å². The molecule has 10 heteroatoms. The molecule has 10 nitrogen and oxygen atoms in total. The van der Waals surface area contributed by atoms with Crippen LogP contribution in [0.25, 0.3) is 0 Å². The fraction of sp³-hybridized carbons (Fsp3) is 0.643. The molecule has 0 radical (unpaired) electrons. The topological polar surface area (TPSA) is 134 Å². The number of hydrogen-bond donors (Lipinski definition) is 1. The molecule has 1 N–H and O–H groups in total. The van der Waals surface area contributed by atoms with E-state index in [1.807, 2.05) is 0 Å². The number of nitrogens with one attached hydrogen (secondary N) is 1. The molecule has 1 amide bonds. The highest BCUT2D eigenvalue weighted by atomic mass is 16.6. The lowest BCUT2D eigenvalue weighted by Crippen LogP contribution is -2.56. The van der Waals surface area contributed by atoms with Crippen LogP contribution in [0.5, 0.6) is 0 Å². The van der Waals surface area contributed by atoms with Crippen molar-refractivity contribution < 1.29 is 42.9 Å². The van der Waals surface area contributed by atoms with Crippen LogP contribution in [0.3, 0.4) is 0 Å². The predicted octanol–water partition coefficient (Wildman–Crippen LogP) is -0.909. The Bertz CT molecular complexity index is 502. The number of rotatable bonds is 8. The van der Waals surface area contributed by atoms with Crippen LogP contribution in [0.1, 0.15) is 27.7 Å². The van der Waals surface area contributed by atoms with Crippen molar-refractivity contribution >= 4 is 29.8 Å². The van der Waals surface area contributed by atoms with Crippen LogP contribution in [-0.4, -0.2) is 61.8 Å². The van der Waals surface area contributed by atoms with E-state index in [9.17, 15) is 24.0 Å². The van der Waals surface area contributed by atoms with E-state index in [1.54, 1.807) is 0 Å². The minimum Gasteiger partial charge on any atom is -0.467 e. The fourth-order valence-electron chi connectivity index (χ4n) is 1.78. The first-order chi connectivity index (χ1) is 11.1. The molecule has 0 fully saturated rings. The van der Waals surface area contributed by atoms with Gasteiger partial charge in [-0.3, -0.25) is 19.2 Å². The molecule has 0 aliphatic rings. The van der Waals surface area contributed by atoms with Crippen LogP contribution in [-0.2, 0) is 42.9 Å². The summed E-state index contributed by atoms with van der Waals surface area (Å²) in [7, 11) is 1.06. The number of hydrogen-bond acceptors (Lipinski definition) is 9. The summed E-state index contributed by atoms with van der Waals surface area (Å²) >= 11 is 0. The molecule has 136 valence electrons. The first-order valence-electron chi connectivity index (χ1n) is 6.91. The molecule has 0 heterocycles. The van der Waals surface area contributed by atoms with Crippen molar-refractivity contribution in [2.45, 2.75) is 45.9 Å². The Balaban J connectivity index is 5.67. The summed E-state index contributed by atoms with van der Waals surface area (Å²) < 4.78 is 19.3. The molecular formula is C14H21NO9. The molecule has 0 bridgehead atoms. The second-order valence-electron chi connectivity index (χ2n) is 4.73. The molecule has 0 unspecified atom stereocenters. The van der Waals surface area contributed by atoms with Crippen molar-refractivity contribution in [3.8, 4) is 0 Å². The number of carbonyl (C=O) groups excluding carboxylic acids is 5. The van der Waals surface area contributed by atoms with Gasteiger partial charge in [0, 0.05) is 27.7 Å². The molecule has 0 aromatic rings. The van der Waals surface area contributed by atoms with E-state index < -0.39 is 54.6 Å². The van der Waals surface area contributed by atoms with Crippen LogP contribution in [0.4, 0.5) is 0 Å². The second kappa shape index (κ2) is 10.2. The van der Waals surface area contributed by atoms with Gasteiger partial charge in [0.2, 0.25) is 5.91 Å². The third kappa shape index (κ3) is 8.11. The minimum absolute atomic E-state index is 0.486. The Morgan fingerprint density at radius 1 is 0.875 bits per heavy atom. The molecule has 3 atom stereocenters. The Morgan fingerprint density at radius 3 is 1.79 bits per heavy atom. The van der Waals surface area contributed by atoms with Crippen LogP contribution in [0.2, 0.25) is 0 Å². The van der Waals surface area contributed by atoms with Crippen LogP contribution in [0, 0.1) is 0 Å². The summed E-state index contributed by atoms with van der Waals surface area (Å²) in [6.45, 7) is 3.91. The van der Waals surface area contributed by atoms with Gasteiger partial charge in [0.1, 0.15) is 6.61 Å². The summed E-state index contributed by atoms with van der Waals surface area (Å²) in [5.41, 5.74) is 0. The average molecular weight is 347 g/mol. The lowest BCUT2D eigenvalue weighted by molar-refractivity contribution is -0.179. The summed E-state index contributed by atoms with van der Waals surface area (Å²) in [4.78, 5) is 56.8. The van der Waals surface area contributed by atoms with Gasteiger partial charge in [-0.05, 0) is 0 Å². The smallest absolute Gasteiger partial charge is 0.332 e. The number of carbonyl (C=O) groups is 5. The van der Waals surface area contributed by atoms with Crippen LogP contribution in [0.15, 0.2) is 0 Å². The van der Waals surface area contributed by atoms with Gasteiger partial charge in [0.15, 0.2) is 18.2 Å². The SMILES string of the molecule is COC(=O)[C@H](NC(C)=O)[C@H](OC(C)=O)[C@@H](COC(C)=O)OC(C)=O. The summed E-state index contributed by atoms with van der Waals surface area (Å²) in [6.07, 6.45) is -2.78. The molecule has 0 rings (SSSR count). The third-order valence-corrected chi connectivity index (χ3v) is 2.58. The molecule has 0 aromatic carbocycles. The van der Waals surface area contributed by atoms with Crippen LogP contribution < -0.4 is 5.32 Å². The predicted molar refractivity (Wildman–Crippen MR) is 77.4 cm³/mol. The van der Waals surface area contributed by atoms with Crippen molar-refractivity contribution in [2.75, 3.05) is 13.7 Å². The molecule has 0 aromatic heterocycles. The lowest BCUT2D eigenvalue weighted by atomic mass is 10.0. The minimum atomic E-state index is -1.46. The van der Waals surface area contributed by atoms with Gasteiger partial charge in [-0.1, -0.05) is 0 Å². The summed E-state index contributed by atoms with van der Waals surface area (Å²) in [6, 6.07) is -1.46. The maximum Gasteiger partial charge on any atom is 0.332 e. The lowest BCUT2D eigenvalue weighted by Gasteiger charge is -2.30. The number of amides is 1. The van der Waals surface area contributed by atoms with Crippen LogP contribution >= 0.6 is 0 Å². The second-order valence-corrected chi connectivity index (χ2v) is 4.73. The highest BCUT2D eigenvalue weighted by Gasteiger charge is 2.41. The van der Waals surface area contributed by atoms with Gasteiger partial charge >= 0.3 is 23.9 Å². The molecular weight excluding hydrogens is 326 g/mol. The van der Waals surface area contributed by atoms with Gasteiger partial charge in [-0.15, -0.1) is 0 Å². The summed E-state index contributed by atoms with van der Waals surface area (Å²) in [5.74, 6) is -3.80. The molecule has 0 aliphatic carbocycles. The van der Waals surface area contributed by atoms with Crippen molar-refractivity contribution in [1.82, 2.24) is 5.32 Å². The molecule has 0 spiro atoms. The van der Waals surface area contributed by atoms with E-state index >= 15 is 0 Å². The Kier molecular flexibility index (Phi) is 9.06. The van der Waals surface area contributed by atoms with Gasteiger partial charge in [-0.2, -0.15) is 0 Å². The zero-order valence-electron chi connectivity index (χ0n) is 14.1. The highest BCUT2D eigenvalue weighted by Crippen LogP contribution is 2.13. The van der Waals surface area contributed by atoms with E-state index in [1.165, 1.54) is 0 Å². The molecule has 0 saturated heterocycles. The molecule has 0 saturated carbocycles. The van der Waals surface area contributed by atoms with E-state index in [0.717, 1.165) is 34.8 Å². The van der Waals surface area contributed by atoms with Crippen molar-refractivity contribution in [3.63, 3.8) is 0 Å². The maximum absolute atomic E-state index is 11.9. The quantitative estimate of drug-likeness (QED) is 0.437. The van der Waals surface area contributed by atoms with E-state index in [0.29, 0.717) is 0 Å². The normalized spacial score (nSPS) is 13.7. The third-order valence-electron chi connectivity index (χ3n) is 2.58. The number of methoxy groups -OCH3 is 1. The van der Waals surface area contributed by atoms with Gasteiger partial charge < -0.3 is 24.3 Å². The standard InChI is InChI=1S/C14H21NO9/c1-7(16)15-12(14(20)21-5)13(24-10(4)19)11(23-9(3)18)6-22-8(2)17/h11-13H,6H2,1-5H3,(H,15,16)/t11-,12-,13-/m1/s1. The molecule has 24 heavy (non-hydrogen) atoms. The Labute approximate surface area is 138 Å². The Morgan fingerprint density at radius 2 is 1.42 bits per heavy atom. The molecule has 0 aliphatic heterocycles. The van der Waals surface area contributed by atoms with Gasteiger partial charge in [0.25, 0.3) is 0 Å². The largest absolute Gasteiger partial charge is 0.467 e. The van der Waals surface area contributed by atoms with E-state index in [-0.39, 0.29) is 0 Å². The van der Waals surface area contributed by atoms with Gasteiger partial charge in [0.05, 0.1) is 7.11 Å². The number of ether oxygens (including phenoxy) is 4. The average Bonchev–Trinajstić information content (AvgIpc) is 2.45. The first kappa shape index (κ1) is 21.4. The Hall–Kier alpha value is -2.65. The fourth-order valence-corrected chi connectivity index (χ4v) is 1.78. The summed E-state index contributed by atoms with van der Waals surface area (Å²) in [5, 5.41) is 2.25. The monoisotopic (exact) mass is 347 g/mol. The van der Waals surface area contributed by atoms with Crippen molar-refractivity contribution in [1.29, 1.82) is 0 Å². The van der Waals surface area contributed by atoms with Crippen molar-refractivity contribution in [2.24, 2.45) is 0 Å². The zero-order chi connectivity index (χ0) is 18.9. The number of esters is 4. The van der Waals surface area contributed by atoms with Crippen molar-refractivity contribution in [3.05, 3.63) is 0 Å².